The van der Waals surface area contributed by atoms with Gasteiger partial charge in [0.25, 0.3) is 0 Å². The molecule has 0 radical (unpaired) electrons. The van der Waals surface area contributed by atoms with Gasteiger partial charge in [-0.3, -0.25) is 4.57 Å². The number of fused-ring (bicyclic) bond motifs is 1. The van der Waals surface area contributed by atoms with Crippen LogP contribution in [0.25, 0.3) is 11.1 Å². The van der Waals surface area contributed by atoms with Gasteiger partial charge in [-0.15, -0.1) is 12.4 Å². The van der Waals surface area contributed by atoms with Crippen LogP contribution in [0.15, 0.2) is 32.3 Å². The zero-order valence-electron chi connectivity index (χ0n) is 12.0. The molecule has 2 aromatic rings. The lowest BCUT2D eigenvalue weighted by molar-refractivity contribution is 0.428. The second-order valence-corrected chi connectivity index (χ2v) is 6.94. The van der Waals surface area contributed by atoms with Crippen LogP contribution in [0, 0.1) is 0 Å². The molecule has 1 unspecified atom stereocenters. The van der Waals surface area contributed by atoms with Gasteiger partial charge in [0, 0.05) is 25.7 Å². The minimum Gasteiger partial charge on any atom is -0.408 e. The lowest BCUT2D eigenvalue weighted by Crippen LogP contribution is -2.45. The lowest BCUT2D eigenvalue weighted by atomic mass is 10.1. The van der Waals surface area contributed by atoms with E-state index >= 15 is 0 Å². The number of rotatable bonds is 3. The number of nitrogens with zero attached hydrogens (tertiary/aromatic N) is 1. The van der Waals surface area contributed by atoms with Crippen molar-refractivity contribution in [1.29, 1.82) is 0 Å². The Kier molecular flexibility index (Phi) is 4.96. The normalized spacial score (nSPS) is 19.0. The van der Waals surface area contributed by atoms with Gasteiger partial charge in [0.05, 0.1) is 10.4 Å². The highest BCUT2D eigenvalue weighted by molar-refractivity contribution is 7.89. The molecule has 3 rings (SSSR count). The summed E-state index contributed by atoms with van der Waals surface area (Å²) in [5.74, 6) is -0.510. The summed E-state index contributed by atoms with van der Waals surface area (Å²) in [5.41, 5.74) is 0.838. The quantitative estimate of drug-likeness (QED) is 0.847. The van der Waals surface area contributed by atoms with Crippen molar-refractivity contribution in [3.63, 3.8) is 0 Å². The molecule has 1 aliphatic rings. The van der Waals surface area contributed by atoms with Crippen LogP contribution in [-0.4, -0.2) is 32.1 Å². The maximum atomic E-state index is 12.4. The number of aromatic nitrogens is 1. The molecular weight excluding hydrogens is 330 g/mol. The third-order valence-electron chi connectivity index (χ3n) is 3.69. The number of halogens is 1. The smallest absolute Gasteiger partial charge is 0.408 e. The van der Waals surface area contributed by atoms with E-state index in [1.165, 1.54) is 16.7 Å². The summed E-state index contributed by atoms with van der Waals surface area (Å²) >= 11 is 0. The van der Waals surface area contributed by atoms with Gasteiger partial charge in [0.15, 0.2) is 5.58 Å². The number of aryl methyl sites for hydroxylation is 1. The minimum absolute atomic E-state index is 0. The van der Waals surface area contributed by atoms with Crippen LogP contribution < -0.4 is 15.8 Å². The number of sulfonamides is 1. The maximum Gasteiger partial charge on any atom is 0.419 e. The second-order valence-electron chi connectivity index (χ2n) is 5.22. The van der Waals surface area contributed by atoms with E-state index in [4.69, 9.17) is 4.42 Å². The number of piperidine rings is 1. The largest absolute Gasteiger partial charge is 0.419 e. The number of nitrogens with one attached hydrogen (secondary N) is 2. The van der Waals surface area contributed by atoms with E-state index in [9.17, 15) is 13.2 Å². The Hall–Kier alpha value is -1.35. The molecule has 7 nitrogen and oxygen atoms in total. The van der Waals surface area contributed by atoms with E-state index in [1.54, 1.807) is 13.1 Å². The van der Waals surface area contributed by atoms with Gasteiger partial charge in [-0.25, -0.2) is 17.9 Å². The topological polar surface area (TPSA) is 93.3 Å². The van der Waals surface area contributed by atoms with Crippen LogP contribution in [0.5, 0.6) is 0 Å². The molecule has 0 spiro atoms. The zero-order chi connectivity index (χ0) is 15.0. The third kappa shape index (κ3) is 3.19. The fraction of sp³-hybridized carbons (Fsp3) is 0.462. The molecular formula is C13H18ClN3O4S. The summed E-state index contributed by atoms with van der Waals surface area (Å²) in [5, 5.41) is 3.16. The molecule has 1 atom stereocenters. The van der Waals surface area contributed by atoms with Crippen molar-refractivity contribution in [3.8, 4) is 0 Å². The van der Waals surface area contributed by atoms with Crippen LogP contribution in [0.4, 0.5) is 0 Å². The van der Waals surface area contributed by atoms with Gasteiger partial charge in [-0.2, -0.15) is 0 Å². The molecule has 1 saturated heterocycles. The molecule has 2 heterocycles. The Bertz CT molecular complexity index is 821. The predicted octanol–water partition coefficient (Wildman–Crippen LogP) is 0.584. The molecule has 0 saturated carbocycles. The average molecular weight is 348 g/mol. The van der Waals surface area contributed by atoms with Crippen molar-refractivity contribution in [1.82, 2.24) is 14.6 Å². The third-order valence-corrected chi connectivity index (χ3v) is 5.21. The Morgan fingerprint density at radius 1 is 1.41 bits per heavy atom. The molecule has 9 heteroatoms. The molecule has 1 aromatic heterocycles. The van der Waals surface area contributed by atoms with E-state index < -0.39 is 15.8 Å². The summed E-state index contributed by atoms with van der Waals surface area (Å²) in [7, 11) is -2.04. The fourth-order valence-corrected chi connectivity index (χ4v) is 3.81. The summed E-state index contributed by atoms with van der Waals surface area (Å²) in [6, 6.07) is 4.33. The van der Waals surface area contributed by atoms with Gasteiger partial charge in [-0.1, -0.05) is 0 Å². The molecule has 22 heavy (non-hydrogen) atoms. The fourth-order valence-electron chi connectivity index (χ4n) is 2.52. The molecule has 122 valence electrons. The highest BCUT2D eigenvalue weighted by Gasteiger charge is 2.22. The van der Waals surface area contributed by atoms with Crippen molar-refractivity contribution in [2.75, 3.05) is 13.1 Å². The van der Waals surface area contributed by atoms with E-state index in [-0.39, 0.29) is 28.9 Å². The first-order valence-electron chi connectivity index (χ1n) is 6.80. The van der Waals surface area contributed by atoms with Crippen LogP contribution in [0.1, 0.15) is 12.8 Å². The van der Waals surface area contributed by atoms with Crippen LogP contribution >= 0.6 is 12.4 Å². The maximum absolute atomic E-state index is 12.4. The van der Waals surface area contributed by atoms with Gasteiger partial charge in [-0.05, 0) is 31.5 Å². The Labute approximate surface area is 134 Å². The zero-order valence-corrected chi connectivity index (χ0v) is 13.7. The Balaban J connectivity index is 0.00000176. The first-order chi connectivity index (χ1) is 9.97. The average Bonchev–Trinajstić information content (AvgIpc) is 2.74. The molecule has 1 aliphatic heterocycles. The Morgan fingerprint density at radius 3 is 2.86 bits per heavy atom. The Morgan fingerprint density at radius 2 is 2.18 bits per heavy atom. The van der Waals surface area contributed by atoms with Crippen molar-refractivity contribution in [2.24, 2.45) is 7.05 Å². The molecule has 0 bridgehead atoms. The second kappa shape index (κ2) is 6.41. The summed E-state index contributed by atoms with van der Waals surface area (Å²) in [4.78, 5) is 11.5. The first-order valence-corrected chi connectivity index (χ1v) is 8.28. The highest BCUT2D eigenvalue weighted by Crippen LogP contribution is 2.18. The summed E-state index contributed by atoms with van der Waals surface area (Å²) in [6.45, 7) is 1.54. The number of oxazole rings is 1. The number of benzene rings is 1. The van der Waals surface area contributed by atoms with E-state index in [0.717, 1.165) is 19.4 Å². The summed E-state index contributed by atoms with van der Waals surface area (Å²) in [6.07, 6.45) is 1.76. The van der Waals surface area contributed by atoms with E-state index in [2.05, 4.69) is 10.0 Å². The van der Waals surface area contributed by atoms with E-state index in [1.807, 2.05) is 0 Å². The first kappa shape index (κ1) is 17.0. The number of hydrogen-bond acceptors (Lipinski definition) is 5. The van der Waals surface area contributed by atoms with Crippen molar-refractivity contribution >= 4 is 33.5 Å². The van der Waals surface area contributed by atoms with Gasteiger partial charge in [0.2, 0.25) is 10.0 Å². The standard InChI is InChI=1S/C13H17N3O4S.ClH/c1-16-11-5-4-10(7-12(11)20-13(16)17)21(18,19)15-9-3-2-6-14-8-9;/h4-5,7,9,14-15H,2-3,6,8H2,1H3;1H. The molecule has 1 aromatic carbocycles. The minimum atomic E-state index is -3.62. The summed E-state index contributed by atoms with van der Waals surface area (Å²) < 4.78 is 33.8. The van der Waals surface area contributed by atoms with Crippen LogP contribution in [0.3, 0.4) is 0 Å². The van der Waals surface area contributed by atoms with E-state index in [0.29, 0.717) is 12.1 Å². The molecule has 0 amide bonds. The monoisotopic (exact) mass is 347 g/mol. The van der Waals surface area contributed by atoms with Crippen LogP contribution in [-0.2, 0) is 17.1 Å². The SMILES string of the molecule is Cl.Cn1c(=O)oc2cc(S(=O)(=O)NC3CCCNC3)ccc21. The van der Waals surface area contributed by atoms with Gasteiger partial charge >= 0.3 is 5.76 Å². The number of hydrogen-bond donors (Lipinski definition) is 2. The van der Waals surface area contributed by atoms with Crippen LogP contribution in [0.2, 0.25) is 0 Å². The highest BCUT2D eigenvalue weighted by atomic mass is 35.5. The van der Waals surface area contributed by atoms with Gasteiger partial charge in [0.1, 0.15) is 0 Å². The van der Waals surface area contributed by atoms with Crippen molar-refractivity contribution < 1.29 is 12.8 Å². The van der Waals surface area contributed by atoms with Crippen molar-refractivity contribution in [2.45, 2.75) is 23.8 Å². The van der Waals surface area contributed by atoms with Crippen molar-refractivity contribution in [3.05, 3.63) is 28.7 Å². The van der Waals surface area contributed by atoms with Gasteiger partial charge < -0.3 is 9.73 Å². The molecule has 1 fully saturated rings. The predicted molar refractivity (Wildman–Crippen MR) is 84.9 cm³/mol. The lowest BCUT2D eigenvalue weighted by Gasteiger charge is -2.23. The molecule has 2 N–H and O–H groups in total. The molecule has 0 aliphatic carbocycles.